The summed E-state index contributed by atoms with van der Waals surface area (Å²) in [5.41, 5.74) is 14.0. The SMILES string of the molecule is Cc1cnc(Nc2cc(C)n(C)n2)nc1-c1c[nH]c2c(N3Cc4c(cccc4-c4ccnc(C(N)=O)c4)C3=O)cccc12. The van der Waals surface area contributed by atoms with Crippen LogP contribution in [0.1, 0.15) is 37.7 Å². The summed E-state index contributed by atoms with van der Waals surface area (Å²) in [5.74, 6) is 0.410. The molecule has 0 unspecified atom stereocenters. The number of primary amides is 1. The fraction of sp³-hybridized carbons (Fsp3) is 0.125. The highest BCUT2D eigenvalue weighted by atomic mass is 16.2. The minimum absolute atomic E-state index is 0.0972. The zero-order chi connectivity index (χ0) is 29.8. The van der Waals surface area contributed by atoms with Crippen LogP contribution in [-0.2, 0) is 13.6 Å². The molecular weight excluding hydrogens is 542 g/mol. The number of anilines is 3. The van der Waals surface area contributed by atoms with Gasteiger partial charge in [0.15, 0.2) is 5.82 Å². The topological polar surface area (TPSA) is 148 Å². The van der Waals surface area contributed by atoms with Crippen molar-refractivity contribution in [2.75, 3.05) is 10.2 Å². The van der Waals surface area contributed by atoms with E-state index in [1.807, 2.05) is 75.6 Å². The van der Waals surface area contributed by atoms with Crippen LogP contribution in [0.4, 0.5) is 17.5 Å². The third-order valence-electron chi connectivity index (χ3n) is 7.86. The van der Waals surface area contributed by atoms with Crippen LogP contribution in [0.5, 0.6) is 0 Å². The predicted octanol–water partition coefficient (Wildman–Crippen LogP) is 5.04. The molecule has 2 amide bonds. The van der Waals surface area contributed by atoms with Crippen molar-refractivity contribution in [3.63, 3.8) is 0 Å². The van der Waals surface area contributed by atoms with E-state index in [-0.39, 0.29) is 11.6 Å². The Morgan fingerprint density at radius 3 is 2.63 bits per heavy atom. The summed E-state index contributed by atoms with van der Waals surface area (Å²) in [4.78, 5) is 44.0. The van der Waals surface area contributed by atoms with Gasteiger partial charge in [-0.25, -0.2) is 9.97 Å². The molecule has 0 saturated heterocycles. The molecule has 11 nitrogen and oxygen atoms in total. The van der Waals surface area contributed by atoms with Gasteiger partial charge in [-0.3, -0.25) is 19.3 Å². The fourth-order valence-electron chi connectivity index (χ4n) is 5.60. The van der Waals surface area contributed by atoms with Crippen molar-refractivity contribution in [1.82, 2.24) is 29.7 Å². The Morgan fingerprint density at radius 1 is 1.02 bits per heavy atom. The van der Waals surface area contributed by atoms with Crippen molar-refractivity contribution in [3.05, 3.63) is 101 Å². The third kappa shape index (κ3) is 4.38. The summed E-state index contributed by atoms with van der Waals surface area (Å²) in [6, 6.07) is 16.9. The molecular formula is C32H27N9O2. The number of benzene rings is 2. The summed E-state index contributed by atoms with van der Waals surface area (Å²) in [6.07, 6.45) is 5.26. The second-order valence-electron chi connectivity index (χ2n) is 10.6. The molecule has 2 aromatic carbocycles. The average molecular weight is 570 g/mol. The molecule has 11 heteroatoms. The number of pyridine rings is 1. The number of carbonyl (C=O) groups excluding carboxylic acids is 2. The van der Waals surface area contributed by atoms with Gasteiger partial charge in [0.25, 0.3) is 11.8 Å². The number of aromatic amines is 1. The van der Waals surface area contributed by atoms with Crippen LogP contribution in [0.3, 0.4) is 0 Å². The van der Waals surface area contributed by atoms with E-state index >= 15 is 0 Å². The van der Waals surface area contributed by atoms with E-state index < -0.39 is 5.91 Å². The highest BCUT2D eigenvalue weighted by Crippen LogP contribution is 2.40. The third-order valence-corrected chi connectivity index (χ3v) is 7.86. The highest BCUT2D eigenvalue weighted by molar-refractivity contribution is 6.15. The Labute approximate surface area is 246 Å². The van der Waals surface area contributed by atoms with Crippen LogP contribution < -0.4 is 16.0 Å². The molecule has 43 heavy (non-hydrogen) atoms. The number of fused-ring (bicyclic) bond motifs is 2. The number of carbonyl (C=O) groups is 2. The Bertz CT molecular complexity index is 2070. The monoisotopic (exact) mass is 569 g/mol. The van der Waals surface area contributed by atoms with Crippen LogP contribution in [0.2, 0.25) is 0 Å². The Kier molecular flexibility index (Phi) is 6.01. The molecule has 5 heterocycles. The number of aryl methyl sites for hydroxylation is 3. The van der Waals surface area contributed by atoms with Crippen LogP contribution in [-0.4, -0.2) is 41.5 Å². The number of aromatic nitrogens is 6. The molecule has 0 fully saturated rings. The first-order valence-corrected chi connectivity index (χ1v) is 13.7. The van der Waals surface area contributed by atoms with Crippen molar-refractivity contribution in [2.24, 2.45) is 12.8 Å². The summed E-state index contributed by atoms with van der Waals surface area (Å²) < 4.78 is 1.79. The second-order valence-corrected chi connectivity index (χ2v) is 10.6. The maximum Gasteiger partial charge on any atom is 0.267 e. The molecule has 0 aliphatic carbocycles. The van der Waals surface area contributed by atoms with Gasteiger partial charge in [-0.15, -0.1) is 0 Å². The van der Waals surface area contributed by atoms with Crippen molar-refractivity contribution >= 4 is 40.2 Å². The molecule has 0 bridgehead atoms. The van der Waals surface area contributed by atoms with E-state index in [0.717, 1.165) is 55.8 Å². The number of para-hydroxylation sites is 1. The second kappa shape index (κ2) is 9.91. The van der Waals surface area contributed by atoms with Gasteiger partial charge in [-0.2, -0.15) is 5.10 Å². The first kappa shape index (κ1) is 26.1. The standard InChI is InChI=1S/C32H27N9O2/c1-17-14-36-32(37-27-12-18(2)40(3)39-27)38-28(17)23-15-35-29-21(23)7-5-9-26(29)41-16-24-20(6-4-8-22(24)31(41)43)19-10-11-34-25(13-19)30(33)42/h4-15,35H,16H2,1-3H3,(H2,33,42)(H,36,37,38,39). The lowest BCUT2D eigenvalue weighted by Gasteiger charge is -2.17. The molecule has 7 rings (SSSR count). The number of nitrogens with one attached hydrogen (secondary N) is 2. The maximum absolute atomic E-state index is 13.8. The minimum Gasteiger partial charge on any atom is -0.364 e. The Balaban J connectivity index is 1.25. The van der Waals surface area contributed by atoms with Gasteiger partial charge < -0.3 is 20.9 Å². The molecule has 0 saturated carbocycles. The number of hydrogen-bond acceptors (Lipinski definition) is 7. The predicted molar refractivity (Wildman–Crippen MR) is 164 cm³/mol. The molecule has 4 N–H and O–H groups in total. The van der Waals surface area contributed by atoms with Gasteiger partial charge in [0.2, 0.25) is 5.95 Å². The van der Waals surface area contributed by atoms with Crippen molar-refractivity contribution < 1.29 is 9.59 Å². The van der Waals surface area contributed by atoms with E-state index in [9.17, 15) is 9.59 Å². The Morgan fingerprint density at radius 2 is 1.84 bits per heavy atom. The molecule has 212 valence electrons. The number of nitrogens with zero attached hydrogens (tertiary/aromatic N) is 6. The van der Waals surface area contributed by atoms with Crippen LogP contribution >= 0.6 is 0 Å². The quantitative estimate of drug-likeness (QED) is 0.255. The van der Waals surface area contributed by atoms with Gasteiger partial charge in [0.1, 0.15) is 5.69 Å². The number of rotatable bonds is 6. The van der Waals surface area contributed by atoms with Crippen LogP contribution in [0, 0.1) is 13.8 Å². The van der Waals surface area contributed by atoms with Crippen molar-refractivity contribution in [1.29, 1.82) is 0 Å². The lowest BCUT2D eigenvalue weighted by Crippen LogP contribution is -2.23. The van der Waals surface area contributed by atoms with Gasteiger partial charge >= 0.3 is 0 Å². The van der Waals surface area contributed by atoms with Gasteiger partial charge in [0, 0.05) is 53.9 Å². The molecule has 1 aliphatic rings. The molecule has 6 aromatic rings. The summed E-state index contributed by atoms with van der Waals surface area (Å²) in [7, 11) is 1.88. The number of H-pyrrole nitrogens is 1. The zero-order valence-electron chi connectivity index (χ0n) is 23.7. The fourth-order valence-corrected chi connectivity index (χ4v) is 5.60. The Hall–Kier alpha value is -5.84. The molecule has 4 aromatic heterocycles. The van der Waals surface area contributed by atoms with Crippen molar-refractivity contribution in [2.45, 2.75) is 20.4 Å². The van der Waals surface area contributed by atoms with Crippen LogP contribution in [0.25, 0.3) is 33.3 Å². The highest BCUT2D eigenvalue weighted by Gasteiger charge is 2.32. The lowest BCUT2D eigenvalue weighted by atomic mass is 9.97. The number of amides is 2. The molecule has 0 radical (unpaired) electrons. The molecule has 1 aliphatic heterocycles. The van der Waals surface area contributed by atoms with E-state index in [2.05, 4.69) is 25.4 Å². The van der Waals surface area contributed by atoms with E-state index in [1.54, 1.807) is 28.0 Å². The maximum atomic E-state index is 13.8. The van der Waals surface area contributed by atoms with Crippen molar-refractivity contribution in [3.8, 4) is 22.4 Å². The normalized spacial score (nSPS) is 12.6. The van der Waals surface area contributed by atoms with E-state index in [0.29, 0.717) is 23.9 Å². The van der Waals surface area contributed by atoms with Gasteiger partial charge in [0.05, 0.1) is 23.4 Å². The average Bonchev–Trinajstić information content (AvgIpc) is 3.68. The summed E-state index contributed by atoms with van der Waals surface area (Å²) in [6.45, 7) is 4.32. The summed E-state index contributed by atoms with van der Waals surface area (Å²) >= 11 is 0. The smallest absolute Gasteiger partial charge is 0.267 e. The first-order valence-electron chi connectivity index (χ1n) is 13.7. The summed E-state index contributed by atoms with van der Waals surface area (Å²) in [5, 5.41) is 8.58. The number of hydrogen-bond donors (Lipinski definition) is 3. The lowest BCUT2D eigenvalue weighted by molar-refractivity contribution is 0.0988. The molecule has 0 spiro atoms. The largest absolute Gasteiger partial charge is 0.364 e. The van der Waals surface area contributed by atoms with Crippen LogP contribution in [0.15, 0.2) is 73.2 Å². The van der Waals surface area contributed by atoms with E-state index in [1.165, 1.54) is 0 Å². The number of nitrogens with two attached hydrogens (primary N) is 1. The van der Waals surface area contributed by atoms with Gasteiger partial charge in [-0.05, 0) is 60.4 Å². The molecule has 0 atom stereocenters. The zero-order valence-corrected chi connectivity index (χ0v) is 23.7. The first-order chi connectivity index (χ1) is 20.8. The van der Waals surface area contributed by atoms with Gasteiger partial charge in [-0.1, -0.05) is 24.3 Å². The van der Waals surface area contributed by atoms with E-state index in [4.69, 9.17) is 10.7 Å². The minimum atomic E-state index is -0.602.